The summed E-state index contributed by atoms with van der Waals surface area (Å²) in [5, 5.41) is 3.24. The molecule has 0 aromatic heterocycles. The van der Waals surface area contributed by atoms with Crippen molar-refractivity contribution in [2.24, 2.45) is 17.8 Å². The summed E-state index contributed by atoms with van der Waals surface area (Å²) in [7, 11) is 0. The summed E-state index contributed by atoms with van der Waals surface area (Å²) >= 11 is 0. The van der Waals surface area contributed by atoms with Crippen LogP contribution in [-0.4, -0.2) is 34.8 Å². The fraction of sp³-hybridized carbons (Fsp3) is 0.810. The third kappa shape index (κ3) is 4.27. The van der Waals surface area contributed by atoms with Gasteiger partial charge in [0.05, 0.1) is 0 Å². The highest BCUT2D eigenvalue weighted by Gasteiger charge is 2.50. The van der Waals surface area contributed by atoms with Crippen molar-refractivity contribution in [3.63, 3.8) is 0 Å². The Morgan fingerprint density at radius 3 is 2.88 bits per heavy atom. The van der Waals surface area contributed by atoms with Crippen molar-refractivity contribution in [1.82, 2.24) is 10.2 Å². The Hall–Kier alpha value is -1.32. The van der Waals surface area contributed by atoms with Crippen LogP contribution >= 0.6 is 0 Å². The fourth-order valence-corrected chi connectivity index (χ4v) is 4.61. The molecule has 3 rings (SSSR count). The number of hydrogen-bond acceptors (Lipinski definition) is 2. The first-order valence-corrected chi connectivity index (χ1v) is 10.2. The highest BCUT2D eigenvalue weighted by Crippen LogP contribution is 2.44. The standard InChI is InChI=1S/C21H34N2O2/c1-4-16-12-15(2)8-5-6-9-17-14-21(17,3)22-20(25)18-10-7-11-23(18)19(24)13-16/h6,9,15-18H,4-5,7-8,10-14H2,1-3H3,(H,22,25)/b9-6-/t15-,16?,17-,18?,21-/m1/s1. The Labute approximate surface area is 152 Å². The smallest absolute Gasteiger partial charge is 0.243 e. The van der Waals surface area contributed by atoms with E-state index in [1.54, 1.807) is 0 Å². The van der Waals surface area contributed by atoms with E-state index >= 15 is 0 Å². The van der Waals surface area contributed by atoms with Gasteiger partial charge in [0.15, 0.2) is 0 Å². The number of nitrogens with zero attached hydrogens (tertiary/aromatic N) is 1. The quantitative estimate of drug-likeness (QED) is 0.737. The van der Waals surface area contributed by atoms with Crippen molar-refractivity contribution in [2.45, 2.75) is 83.7 Å². The minimum Gasteiger partial charge on any atom is -0.349 e. The second kappa shape index (κ2) is 7.51. The summed E-state index contributed by atoms with van der Waals surface area (Å²) < 4.78 is 0. The van der Waals surface area contributed by atoms with Crippen LogP contribution in [0.25, 0.3) is 0 Å². The van der Waals surface area contributed by atoms with Crippen LogP contribution in [0, 0.1) is 17.8 Å². The summed E-state index contributed by atoms with van der Waals surface area (Å²) in [5.41, 5.74) is -0.108. The molecule has 2 aliphatic heterocycles. The van der Waals surface area contributed by atoms with E-state index in [0.29, 0.717) is 24.2 Å². The minimum atomic E-state index is -0.255. The molecule has 0 radical (unpaired) electrons. The zero-order valence-electron chi connectivity index (χ0n) is 16.1. The van der Waals surface area contributed by atoms with E-state index in [2.05, 4.69) is 38.2 Å². The van der Waals surface area contributed by atoms with E-state index in [4.69, 9.17) is 0 Å². The molecule has 0 spiro atoms. The minimum absolute atomic E-state index is 0.0561. The lowest BCUT2D eigenvalue weighted by Gasteiger charge is -2.28. The molecule has 4 heteroatoms. The van der Waals surface area contributed by atoms with Crippen LogP contribution < -0.4 is 5.32 Å². The summed E-state index contributed by atoms with van der Waals surface area (Å²) in [6.45, 7) is 7.36. The maximum absolute atomic E-state index is 12.9. The Morgan fingerprint density at radius 2 is 2.12 bits per heavy atom. The van der Waals surface area contributed by atoms with Crippen LogP contribution in [-0.2, 0) is 9.59 Å². The molecule has 2 amide bonds. The predicted octanol–water partition coefficient (Wildman–Crippen LogP) is 3.66. The van der Waals surface area contributed by atoms with Gasteiger partial charge < -0.3 is 10.2 Å². The molecule has 25 heavy (non-hydrogen) atoms. The highest BCUT2D eigenvalue weighted by atomic mass is 16.2. The lowest BCUT2D eigenvalue weighted by Crippen LogP contribution is -2.49. The van der Waals surface area contributed by atoms with Gasteiger partial charge in [0.2, 0.25) is 11.8 Å². The van der Waals surface area contributed by atoms with E-state index < -0.39 is 0 Å². The Balaban J connectivity index is 1.76. The van der Waals surface area contributed by atoms with Crippen molar-refractivity contribution >= 4 is 11.8 Å². The fourth-order valence-electron chi connectivity index (χ4n) is 4.61. The Morgan fingerprint density at radius 1 is 1.32 bits per heavy atom. The van der Waals surface area contributed by atoms with E-state index in [1.807, 2.05) is 4.90 Å². The molecule has 1 saturated carbocycles. The number of hydrogen-bond donors (Lipinski definition) is 1. The van der Waals surface area contributed by atoms with Gasteiger partial charge in [0, 0.05) is 24.4 Å². The SMILES string of the molecule is CCC1CC(=O)N2CCCC2C(=O)N[C@]2(C)C[C@H]2/C=C\CC[C@@H](C)C1. The molecule has 0 aromatic carbocycles. The highest BCUT2D eigenvalue weighted by molar-refractivity contribution is 5.89. The number of fused-ring (bicyclic) bond motifs is 2. The van der Waals surface area contributed by atoms with Gasteiger partial charge in [-0.1, -0.05) is 32.4 Å². The first kappa shape index (κ1) is 18.5. The maximum atomic E-state index is 12.9. The van der Waals surface area contributed by atoms with Gasteiger partial charge >= 0.3 is 0 Å². The van der Waals surface area contributed by atoms with Gasteiger partial charge in [0.25, 0.3) is 0 Å². The summed E-state index contributed by atoms with van der Waals surface area (Å²) in [5.74, 6) is 1.77. The third-order valence-electron chi connectivity index (χ3n) is 6.56. The van der Waals surface area contributed by atoms with Crippen molar-refractivity contribution in [3.05, 3.63) is 12.2 Å². The normalized spacial score (nSPS) is 41.2. The molecule has 2 fully saturated rings. The van der Waals surface area contributed by atoms with Gasteiger partial charge in [-0.2, -0.15) is 0 Å². The number of rotatable bonds is 1. The molecule has 140 valence electrons. The van der Waals surface area contributed by atoms with Crippen LogP contribution in [0.2, 0.25) is 0 Å². The molecule has 2 unspecified atom stereocenters. The second-order valence-electron chi connectivity index (χ2n) is 8.79. The lowest BCUT2D eigenvalue weighted by atomic mass is 9.88. The molecule has 3 aliphatic rings. The van der Waals surface area contributed by atoms with Crippen molar-refractivity contribution < 1.29 is 9.59 Å². The van der Waals surface area contributed by atoms with Gasteiger partial charge in [-0.25, -0.2) is 0 Å². The lowest BCUT2D eigenvalue weighted by molar-refractivity contribution is -0.139. The Kier molecular flexibility index (Phi) is 5.55. The van der Waals surface area contributed by atoms with E-state index in [-0.39, 0.29) is 23.4 Å². The first-order valence-electron chi connectivity index (χ1n) is 10.2. The summed E-state index contributed by atoms with van der Waals surface area (Å²) in [4.78, 5) is 27.5. The van der Waals surface area contributed by atoms with Crippen molar-refractivity contribution in [1.29, 1.82) is 0 Å². The van der Waals surface area contributed by atoms with E-state index in [9.17, 15) is 9.59 Å². The van der Waals surface area contributed by atoms with Gasteiger partial charge in [-0.15, -0.1) is 0 Å². The third-order valence-corrected chi connectivity index (χ3v) is 6.56. The van der Waals surface area contributed by atoms with Crippen molar-refractivity contribution in [2.75, 3.05) is 6.54 Å². The number of carbonyl (C=O) groups is 2. The first-order chi connectivity index (χ1) is 11.9. The van der Waals surface area contributed by atoms with Gasteiger partial charge in [-0.05, 0) is 57.3 Å². The molecule has 4 nitrogen and oxygen atoms in total. The summed E-state index contributed by atoms with van der Waals surface area (Å²) in [6.07, 6.45) is 12.4. The zero-order valence-corrected chi connectivity index (χ0v) is 16.1. The predicted molar refractivity (Wildman–Crippen MR) is 99.9 cm³/mol. The van der Waals surface area contributed by atoms with E-state index in [0.717, 1.165) is 45.1 Å². The molecule has 0 bridgehead atoms. The second-order valence-corrected chi connectivity index (χ2v) is 8.79. The maximum Gasteiger partial charge on any atom is 0.243 e. The number of carbonyl (C=O) groups excluding carboxylic acids is 2. The zero-order chi connectivity index (χ0) is 18.0. The van der Waals surface area contributed by atoms with Crippen LogP contribution in [0.5, 0.6) is 0 Å². The molecule has 1 aliphatic carbocycles. The van der Waals surface area contributed by atoms with Gasteiger partial charge in [0.1, 0.15) is 6.04 Å². The summed E-state index contributed by atoms with van der Waals surface area (Å²) in [6, 6.07) is -0.255. The van der Waals surface area contributed by atoms with Crippen LogP contribution in [0.3, 0.4) is 0 Å². The average molecular weight is 347 g/mol. The van der Waals surface area contributed by atoms with Crippen LogP contribution in [0.4, 0.5) is 0 Å². The molecule has 1 saturated heterocycles. The molecule has 1 N–H and O–H groups in total. The molecule has 5 atom stereocenters. The van der Waals surface area contributed by atoms with Crippen LogP contribution in [0.15, 0.2) is 12.2 Å². The van der Waals surface area contributed by atoms with Gasteiger partial charge in [-0.3, -0.25) is 9.59 Å². The van der Waals surface area contributed by atoms with Crippen LogP contribution in [0.1, 0.15) is 72.1 Å². The largest absolute Gasteiger partial charge is 0.349 e. The Bertz CT molecular complexity index is 544. The molecular formula is C21H34N2O2. The topological polar surface area (TPSA) is 49.4 Å². The monoisotopic (exact) mass is 346 g/mol. The number of amides is 2. The van der Waals surface area contributed by atoms with Crippen molar-refractivity contribution in [3.8, 4) is 0 Å². The average Bonchev–Trinajstić information content (AvgIpc) is 2.99. The number of nitrogens with one attached hydrogen (secondary N) is 1. The molecular weight excluding hydrogens is 312 g/mol. The molecule has 2 heterocycles. The number of allylic oxidation sites excluding steroid dienone is 1. The molecule has 0 aromatic rings. The van der Waals surface area contributed by atoms with E-state index in [1.165, 1.54) is 6.42 Å².